The monoisotopic (exact) mass is 305 g/mol. The first kappa shape index (κ1) is 15.5. The third-order valence-corrected chi connectivity index (χ3v) is 5.46. The van der Waals surface area contributed by atoms with E-state index in [1.54, 1.807) is 0 Å². The van der Waals surface area contributed by atoms with Gasteiger partial charge in [0.15, 0.2) is 0 Å². The van der Waals surface area contributed by atoms with Gasteiger partial charge in [-0.15, -0.1) is 0 Å². The van der Waals surface area contributed by atoms with Gasteiger partial charge in [-0.3, -0.25) is 14.6 Å². The SMILES string of the molecule is CN1CCC2(CCC1=O)CN(CCn1ccnc1)CCN2C. The number of hydrogen-bond acceptors (Lipinski definition) is 4. The van der Waals surface area contributed by atoms with Gasteiger partial charge >= 0.3 is 0 Å². The number of nitrogens with zero attached hydrogens (tertiary/aromatic N) is 5. The van der Waals surface area contributed by atoms with Crippen LogP contribution in [0.1, 0.15) is 19.3 Å². The van der Waals surface area contributed by atoms with Crippen LogP contribution in [-0.4, -0.2) is 82.5 Å². The van der Waals surface area contributed by atoms with E-state index in [2.05, 4.69) is 26.4 Å². The van der Waals surface area contributed by atoms with Gasteiger partial charge in [0.2, 0.25) is 5.91 Å². The van der Waals surface area contributed by atoms with Gasteiger partial charge in [-0.05, 0) is 19.9 Å². The van der Waals surface area contributed by atoms with Gasteiger partial charge < -0.3 is 9.47 Å². The van der Waals surface area contributed by atoms with Crippen LogP contribution < -0.4 is 0 Å². The van der Waals surface area contributed by atoms with E-state index in [4.69, 9.17) is 0 Å². The Morgan fingerprint density at radius 3 is 2.82 bits per heavy atom. The molecule has 2 aliphatic rings. The predicted octanol–water partition coefficient (Wildman–Crippen LogP) is 0.512. The first-order valence-electron chi connectivity index (χ1n) is 8.22. The molecular weight excluding hydrogens is 278 g/mol. The standard InChI is InChI=1S/C16H27N5O/c1-18-7-5-16(4-3-15(18)22)13-20(10-9-19(16)2)11-12-21-8-6-17-14-21/h6,8,14H,3-5,7,9-13H2,1-2H3. The van der Waals surface area contributed by atoms with Gasteiger partial charge in [-0.1, -0.05) is 0 Å². The molecule has 0 aliphatic carbocycles. The fraction of sp³-hybridized carbons (Fsp3) is 0.750. The van der Waals surface area contributed by atoms with Crippen molar-refractivity contribution in [3.63, 3.8) is 0 Å². The highest BCUT2D eigenvalue weighted by molar-refractivity contribution is 5.76. The van der Waals surface area contributed by atoms with Crippen molar-refractivity contribution in [2.45, 2.75) is 31.3 Å². The van der Waals surface area contributed by atoms with Crippen molar-refractivity contribution < 1.29 is 4.79 Å². The fourth-order valence-electron chi connectivity index (χ4n) is 3.71. The molecule has 6 heteroatoms. The van der Waals surface area contributed by atoms with Crippen LogP contribution in [0.25, 0.3) is 0 Å². The van der Waals surface area contributed by atoms with Crippen molar-refractivity contribution in [1.82, 2.24) is 24.3 Å². The first-order chi connectivity index (χ1) is 10.6. The number of likely N-dealkylation sites (N-methyl/N-ethyl adjacent to an activating group) is 1. The van der Waals surface area contributed by atoms with Crippen molar-refractivity contribution in [3.8, 4) is 0 Å². The largest absolute Gasteiger partial charge is 0.346 e. The summed E-state index contributed by atoms with van der Waals surface area (Å²) in [4.78, 5) is 23.0. The molecule has 2 fully saturated rings. The highest BCUT2D eigenvalue weighted by Gasteiger charge is 2.41. The highest BCUT2D eigenvalue weighted by atomic mass is 16.2. The van der Waals surface area contributed by atoms with Crippen LogP contribution in [0.4, 0.5) is 0 Å². The Kier molecular flexibility index (Phi) is 4.49. The number of hydrogen-bond donors (Lipinski definition) is 0. The van der Waals surface area contributed by atoms with Gasteiger partial charge in [0, 0.05) is 70.7 Å². The molecule has 1 atom stereocenters. The zero-order chi connectivity index (χ0) is 15.6. The lowest BCUT2D eigenvalue weighted by molar-refractivity contribution is -0.129. The summed E-state index contributed by atoms with van der Waals surface area (Å²) in [5.74, 6) is 0.292. The average molecular weight is 305 g/mol. The summed E-state index contributed by atoms with van der Waals surface area (Å²) >= 11 is 0. The lowest BCUT2D eigenvalue weighted by atomic mass is 9.86. The Morgan fingerprint density at radius 2 is 2.05 bits per heavy atom. The van der Waals surface area contributed by atoms with E-state index in [1.165, 1.54) is 0 Å². The summed E-state index contributed by atoms with van der Waals surface area (Å²) < 4.78 is 2.13. The maximum Gasteiger partial charge on any atom is 0.222 e. The van der Waals surface area contributed by atoms with Gasteiger partial charge in [-0.25, -0.2) is 4.98 Å². The summed E-state index contributed by atoms with van der Waals surface area (Å²) in [6, 6.07) is 0. The molecule has 6 nitrogen and oxygen atoms in total. The van der Waals surface area contributed by atoms with E-state index >= 15 is 0 Å². The number of likely N-dealkylation sites (tertiary alicyclic amines) is 1. The molecule has 0 saturated carbocycles. The normalized spacial score (nSPS) is 28.3. The summed E-state index contributed by atoms with van der Waals surface area (Å²) in [5.41, 5.74) is 0.160. The molecule has 2 aliphatic heterocycles. The molecule has 0 aromatic carbocycles. The number of piperazine rings is 1. The van der Waals surface area contributed by atoms with Crippen molar-refractivity contribution in [3.05, 3.63) is 18.7 Å². The molecule has 1 aromatic rings. The zero-order valence-corrected chi connectivity index (χ0v) is 13.7. The van der Waals surface area contributed by atoms with E-state index in [0.717, 1.165) is 52.1 Å². The van der Waals surface area contributed by atoms with E-state index in [9.17, 15) is 4.79 Å². The maximum atomic E-state index is 12.0. The topological polar surface area (TPSA) is 44.6 Å². The number of carbonyl (C=O) groups excluding carboxylic acids is 1. The van der Waals surface area contributed by atoms with Crippen molar-refractivity contribution in [1.29, 1.82) is 0 Å². The van der Waals surface area contributed by atoms with E-state index in [-0.39, 0.29) is 5.54 Å². The number of aromatic nitrogens is 2. The third-order valence-electron chi connectivity index (χ3n) is 5.46. The smallest absolute Gasteiger partial charge is 0.222 e. The Labute approximate surface area is 132 Å². The number of carbonyl (C=O) groups is 1. The van der Waals surface area contributed by atoms with Crippen molar-refractivity contribution in [2.24, 2.45) is 0 Å². The molecule has 1 spiro atoms. The molecule has 0 radical (unpaired) electrons. The van der Waals surface area contributed by atoms with Crippen molar-refractivity contribution >= 4 is 5.91 Å². The Hall–Kier alpha value is -1.40. The second-order valence-corrected chi connectivity index (χ2v) is 6.79. The van der Waals surface area contributed by atoms with Crippen LogP contribution in [0.3, 0.4) is 0 Å². The average Bonchev–Trinajstić information content (AvgIpc) is 3.00. The molecule has 122 valence electrons. The first-order valence-corrected chi connectivity index (χ1v) is 8.22. The van der Waals surface area contributed by atoms with Gasteiger partial charge in [-0.2, -0.15) is 0 Å². The summed E-state index contributed by atoms with van der Waals surface area (Å²) in [5, 5.41) is 0. The van der Waals surface area contributed by atoms with Gasteiger partial charge in [0.05, 0.1) is 6.33 Å². The minimum Gasteiger partial charge on any atom is -0.346 e. The Morgan fingerprint density at radius 1 is 1.18 bits per heavy atom. The number of rotatable bonds is 3. The molecule has 1 amide bonds. The Bertz CT molecular complexity index is 503. The van der Waals surface area contributed by atoms with Crippen LogP contribution in [0.5, 0.6) is 0 Å². The fourth-order valence-corrected chi connectivity index (χ4v) is 3.71. The molecular formula is C16H27N5O. The molecule has 22 heavy (non-hydrogen) atoms. The number of amides is 1. The van der Waals surface area contributed by atoms with Gasteiger partial charge in [0.25, 0.3) is 0 Å². The molecule has 3 rings (SSSR count). The van der Waals surface area contributed by atoms with E-state index in [1.807, 2.05) is 30.7 Å². The summed E-state index contributed by atoms with van der Waals surface area (Å²) in [6.07, 6.45) is 8.46. The lowest BCUT2D eigenvalue weighted by Crippen LogP contribution is -2.61. The van der Waals surface area contributed by atoms with Crippen LogP contribution in [-0.2, 0) is 11.3 Å². The predicted molar refractivity (Wildman–Crippen MR) is 85.5 cm³/mol. The molecule has 1 unspecified atom stereocenters. The second kappa shape index (κ2) is 6.38. The van der Waals surface area contributed by atoms with E-state index in [0.29, 0.717) is 12.3 Å². The molecule has 3 heterocycles. The molecule has 0 N–H and O–H groups in total. The quantitative estimate of drug-likeness (QED) is 0.816. The van der Waals surface area contributed by atoms with Crippen molar-refractivity contribution in [2.75, 3.05) is 46.8 Å². The number of imidazole rings is 1. The summed E-state index contributed by atoms with van der Waals surface area (Å²) in [7, 11) is 4.16. The Balaban J connectivity index is 1.63. The molecule has 2 saturated heterocycles. The molecule has 0 bridgehead atoms. The van der Waals surface area contributed by atoms with Crippen LogP contribution >= 0.6 is 0 Å². The second-order valence-electron chi connectivity index (χ2n) is 6.79. The zero-order valence-electron chi connectivity index (χ0n) is 13.7. The summed E-state index contributed by atoms with van der Waals surface area (Å²) in [6.45, 7) is 6.17. The van der Waals surface area contributed by atoms with Crippen LogP contribution in [0.15, 0.2) is 18.7 Å². The molecule has 1 aromatic heterocycles. The lowest BCUT2D eigenvalue weighted by Gasteiger charge is -2.49. The maximum absolute atomic E-state index is 12.0. The third kappa shape index (κ3) is 3.17. The minimum absolute atomic E-state index is 0.160. The minimum atomic E-state index is 0.160. The van der Waals surface area contributed by atoms with Gasteiger partial charge in [0.1, 0.15) is 0 Å². The highest BCUT2D eigenvalue weighted by Crippen LogP contribution is 2.31. The van der Waals surface area contributed by atoms with Crippen LogP contribution in [0, 0.1) is 0 Å². The van der Waals surface area contributed by atoms with E-state index < -0.39 is 0 Å². The van der Waals surface area contributed by atoms with Crippen LogP contribution in [0.2, 0.25) is 0 Å².